The van der Waals surface area contributed by atoms with Crippen LogP contribution in [-0.2, 0) is 0 Å². The van der Waals surface area contributed by atoms with E-state index in [4.69, 9.17) is 4.74 Å². The fraction of sp³-hybridized carbons (Fsp3) is 0.750. The van der Waals surface area contributed by atoms with Crippen molar-refractivity contribution in [1.29, 1.82) is 0 Å². The molecule has 22 heavy (non-hydrogen) atoms. The lowest BCUT2D eigenvalue weighted by Crippen LogP contribution is -2.40. The lowest BCUT2D eigenvalue weighted by Gasteiger charge is -2.34. The van der Waals surface area contributed by atoms with Crippen LogP contribution >= 0.6 is 0 Å². The average Bonchev–Trinajstić information content (AvgIpc) is 2.49. The summed E-state index contributed by atoms with van der Waals surface area (Å²) in [6.45, 7) is 8.25. The maximum Gasteiger partial charge on any atom is 0.257 e. The number of β-amino-alcohol motifs (C(OH)–C–C–N with tert-alkyl or cyclic N) is 1. The number of hydrogen-bond donors (Lipinski definition) is 1. The number of nitrogens with zero attached hydrogens (tertiary/aromatic N) is 4. The van der Waals surface area contributed by atoms with Crippen molar-refractivity contribution >= 4 is 5.82 Å². The molecule has 0 unspecified atom stereocenters. The van der Waals surface area contributed by atoms with Crippen LogP contribution in [0.1, 0.15) is 26.7 Å². The van der Waals surface area contributed by atoms with E-state index < -0.39 is 0 Å². The number of likely N-dealkylation sites (tertiary alicyclic amines) is 1. The monoisotopic (exact) mass is 308 g/mol. The summed E-state index contributed by atoms with van der Waals surface area (Å²) in [5.74, 6) is 2.07. The molecule has 1 atom stereocenters. The van der Waals surface area contributed by atoms with Gasteiger partial charge in [-0.05, 0) is 45.7 Å². The normalized spacial score (nSPS) is 18.2. The number of aliphatic hydroxyl groups is 1. The molecule has 124 valence electrons. The lowest BCUT2D eigenvalue weighted by atomic mass is 9.96. The van der Waals surface area contributed by atoms with Gasteiger partial charge in [0.2, 0.25) is 0 Å². The fourth-order valence-corrected chi connectivity index (χ4v) is 3.02. The van der Waals surface area contributed by atoms with E-state index in [9.17, 15) is 5.11 Å². The minimum atomic E-state index is -0.243. The zero-order valence-corrected chi connectivity index (χ0v) is 13.9. The topological polar surface area (TPSA) is 61.7 Å². The number of hydrogen-bond acceptors (Lipinski definition) is 6. The minimum Gasteiger partial charge on any atom is -0.475 e. The Balaban J connectivity index is 1.87. The molecule has 1 N–H and O–H groups in total. The van der Waals surface area contributed by atoms with Gasteiger partial charge in [-0.15, -0.1) is 0 Å². The Morgan fingerprint density at radius 3 is 2.68 bits per heavy atom. The van der Waals surface area contributed by atoms with Crippen molar-refractivity contribution in [3.05, 3.63) is 12.4 Å². The molecule has 0 saturated carbocycles. The van der Waals surface area contributed by atoms with Crippen molar-refractivity contribution in [3.8, 4) is 5.88 Å². The first-order chi connectivity index (χ1) is 10.6. The van der Waals surface area contributed by atoms with Crippen LogP contribution in [0.25, 0.3) is 0 Å². The second-order valence-electron chi connectivity index (χ2n) is 6.09. The maximum absolute atomic E-state index is 9.47. The minimum absolute atomic E-state index is 0.243. The number of anilines is 1. The highest BCUT2D eigenvalue weighted by molar-refractivity contribution is 5.46. The summed E-state index contributed by atoms with van der Waals surface area (Å²) < 4.78 is 5.56. The van der Waals surface area contributed by atoms with Gasteiger partial charge >= 0.3 is 0 Å². The molecule has 0 spiro atoms. The SMILES string of the molecule is CCOc1nccnc1N(C)CC1CCN(C[C@@H](C)O)CC1. The number of aliphatic hydroxyl groups excluding tert-OH is 1. The summed E-state index contributed by atoms with van der Waals surface area (Å²) in [4.78, 5) is 13.2. The Morgan fingerprint density at radius 1 is 1.36 bits per heavy atom. The molecule has 6 heteroatoms. The molecule has 1 aromatic heterocycles. The third-order valence-electron chi connectivity index (χ3n) is 4.05. The van der Waals surface area contributed by atoms with Crippen LogP contribution in [0.2, 0.25) is 0 Å². The smallest absolute Gasteiger partial charge is 0.257 e. The highest BCUT2D eigenvalue weighted by Gasteiger charge is 2.22. The Hall–Kier alpha value is -1.40. The first-order valence-electron chi connectivity index (χ1n) is 8.15. The Morgan fingerprint density at radius 2 is 2.05 bits per heavy atom. The summed E-state index contributed by atoms with van der Waals surface area (Å²) in [7, 11) is 2.05. The van der Waals surface area contributed by atoms with E-state index in [0.29, 0.717) is 18.4 Å². The van der Waals surface area contributed by atoms with Crippen molar-refractivity contribution in [2.24, 2.45) is 5.92 Å². The van der Waals surface area contributed by atoms with Gasteiger partial charge in [0.15, 0.2) is 5.82 Å². The van der Waals surface area contributed by atoms with Crippen molar-refractivity contribution < 1.29 is 9.84 Å². The van der Waals surface area contributed by atoms with Crippen LogP contribution in [-0.4, -0.2) is 65.9 Å². The number of aromatic nitrogens is 2. The van der Waals surface area contributed by atoms with E-state index in [1.165, 1.54) is 0 Å². The quantitative estimate of drug-likeness (QED) is 0.822. The molecule has 1 aliphatic rings. The summed E-state index contributed by atoms with van der Waals surface area (Å²) in [6, 6.07) is 0. The molecule has 0 amide bonds. The van der Waals surface area contributed by atoms with Gasteiger partial charge in [0.05, 0.1) is 12.7 Å². The van der Waals surface area contributed by atoms with Gasteiger partial charge in [-0.2, -0.15) is 0 Å². The average molecular weight is 308 g/mol. The van der Waals surface area contributed by atoms with Crippen LogP contribution < -0.4 is 9.64 Å². The van der Waals surface area contributed by atoms with Crippen LogP contribution in [0.15, 0.2) is 12.4 Å². The zero-order chi connectivity index (χ0) is 15.9. The molecule has 1 aromatic rings. The number of piperidine rings is 1. The number of ether oxygens (including phenoxy) is 1. The highest BCUT2D eigenvalue weighted by atomic mass is 16.5. The summed E-state index contributed by atoms with van der Waals surface area (Å²) >= 11 is 0. The Bertz CT molecular complexity index is 448. The molecule has 0 bridgehead atoms. The summed E-state index contributed by atoms with van der Waals surface area (Å²) in [5, 5.41) is 9.47. The van der Waals surface area contributed by atoms with E-state index in [1.54, 1.807) is 12.4 Å². The Labute approximate surface area is 133 Å². The summed E-state index contributed by atoms with van der Waals surface area (Å²) in [5.41, 5.74) is 0. The van der Waals surface area contributed by atoms with Crippen molar-refractivity contribution in [1.82, 2.24) is 14.9 Å². The summed E-state index contributed by atoms with van der Waals surface area (Å²) in [6.07, 6.45) is 5.44. The van der Waals surface area contributed by atoms with Gasteiger partial charge in [-0.3, -0.25) is 0 Å². The Kier molecular flexibility index (Phi) is 6.39. The third-order valence-corrected chi connectivity index (χ3v) is 4.05. The van der Waals surface area contributed by atoms with Crippen molar-refractivity contribution in [2.45, 2.75) is 32.8 Å². The van der Waals surface area contributed by atoms with Gasteiger partial charge in [-0.1, -0.05) is 0 Å². The molecular formula is C16H28N4O2. The largest absolute Gasteiger partial charge is 0.475 e. The van der Waals surface area contributed by atoms with Gasteiger partial charge in [0.1, 0.15) is 0 Å². The second kappa shape index (κ2) is 8.29. The molecule has 2 heterocycles. The van der Waals surface area contributed by atoms with E-state index in [1.807, 2.05) is 13.8 Å². The standard InChI is InChI=1S/C16H28N4O2/c1-4-22-16-15(17-7-8-18-16)19(3)12-14-5-9-20(10-6-14)11-13(2)21/h7-8,13-14,21H,4-6,9-12H2,1-3H3/t13-/m1/s1. The second-order valence-corrected chi connectivity index (χ2v) is 6.09. The molecule has 0 aliphatic carbocycles. The molecule has 6 nitrogen and oxygen atoms in total. The van der Waals surface area contributed by atoms with E-state index in [0.717, 1.165) is 44.8 Å². The van der Waals surface area contributed by atoms with Gasteiger partial charge in [0.25, 0.3) is 5.88 Å². The van der Waals surface area contributed by atoms with Crippen LogP contribution in [0.4, 0.5) is 5.82 Å². The van der Waals surface area contributed by atoms with Crippen LogP contribution in [0.5, 0.6) is 5.88 Å². The van der Waals surface area contributed by atoms with Gasteiger partial charge in [0, 0.05) is 32.5 Å². The molecule has 1 saturated heterocycles. The maximum atomic E-state index is 9.47. The molecule has 1 fully saturated rings. The zero-order valence-electron chi connectivity index (χ0n) is 13.9. The van der Waals surface area contributed by atoms with Crippen LogP contribution in [0, 0.1) is 5.92 Å². The van der Waals surface area contributed by atoms with Gasteiger partial charge in [-0.25, -0.2) is 9.97 Å². The van der Waals surface area contributed by atoms with Crippen LogP contribution in [0.3, 0.4) is 0 Å². The highest BCUT2D eigenvalue weighted by Crippen LogP contribution is 2.25. The fourth-order valence-electron chi connectivity index (χ4n) is 3.02. The van der Waals surface area contributed by atoms with E-state index >= 15 is 0 Å². The molecular weight excluding hydrogens is 280 g/mol. The van der Waals surface area contributed by atoms with Gasteiger partial charge < -0.3 is 19.6 Å². The first-order valence-corrected chi connectivity index (χ1v) is 8.15. The number of rotatable bonds is 7. The first kappa shape index (κ1) is 17.0. The van der Waals surface area contributed by atoms with Crippen molar-refractivity contribution in [2.75, 3.05) is 44.7 Å². The predicted molar refractivity (Wildman–Crippen MR) is 87.3 cm³/mol. The molecule has 0 aromatic carbocycles. The third kappa shape index (κ3) is 4.81. The molecule has 1 aliphatic heterocycles. The lowest BCUT2D eigenvalue weighted by molar-refractivity contribution is 0.101. The van der Waals surface area contributed by atoms with E-state index in [-0.39, 0.29) is 6.10 Å². The molecule has 0 radical (unpaired) electrons. The predicted octanol–water partition coefficient (Wildman–Crippen LogP) is 1.40. The van der Waals surface area contributed by atoms with E-state index in [2.05, 4.69) is 26.8 Å². The molecule has 2 rings (SSSR count). The van der Waals surface area contributed by atoms with Crippen molar-refractivity contribution in [3.63, 3.8) is 0 Å².